The average Bonchev–Trinajstić information content (AvgIpc) is 1.84. The van der Waals surface area contributed by atoms with Crippen LogP contribution >= 0.6 is 0 Å². The first-order valence-electron chi connectivity index (χ1n) is 3.29. The van der Waals surface area contributed by atoms with E-state index in [-0.39, 0.29) is 50.9 Å². The third-order valence-electron chi connectivity index (χ3n) is 1.12. The Hall–Kier alpha value is 0.0548. The zero-order chi connectivity index (χ0) is 9.56. The van der Waals surface area contributed by atoms with Crippen LogP contribution in [0.25, 0.3) is 0 Å². The molecule has 0 aliphatic rings. The van der Waals surface area contributed by atoms with Gasteiger partial charge in [0.15, 0.2) is 0 Å². The Morgan fingerprint density at radius 3 is 1.64 bits per heavy atom. The molecule has 0 atom stereocenters. The fourth-order valence-electron chi connectivity index (χ4n) is 0.721. The minimum absolute atomic E-state index is 0. The van der Waals surface area contributed by atoms with Crippen LogP contribution in [0, 0.1) is 0 Å². The van der Waals surface area contributed by atoms with Crippen LogP contribution in [0.2, 0.25) is 0 Å². The number of hydrogen-bond donors (Lipinski definition) is 1. The van der Waals surface area contributed by atoms with E-state index in [0.717, 1.165) is 4.90 Å². The maximum atomic E-state index is 10.0. The molecule has 0 aromatic rings. The molecule has 0 heterocycles. The number of carboxylic acids is 2. The summed E-state index contributed by atoms with van der Waals surface area (Å²) in [5.74, 6) is -2.77. The normalized spacial score (nSPS) is 8.71. The first kappa shape index (κ1) is 19.6. The van der Waals surface area contributed by atoms with Crippen LogP contribution in [0.4, 0.5) is 0 Å². The second kappa shape index (κ2) is 11.1. The number of rotatable bonds is 6. The summed E-state index contributed by atoms with van der Waals surface area (Å²) >= 11 is 0. The van der Waals surface area contributed by atoms with E-state index < -0.39 is 25.0 Å². The van der Waals surface area contributed by atoms with Gasteiger partial charge in [-0.15, -0.1) is 0 Å². The molecule has 6 nitrogen and oxygen atoms in total. The van der Waals surface area contributed by atoms with Crippen LogP contribution in [0.5, 0.6) is 0 Å². The van der Waals surface area contributed by atoms with Gasteiger partial charge in [-0.1, -0.05) is 0 Å². The Balaban J connectivity index is -0.000000605. The third kappa shape index (κ3) is 12.1. The minimum Gasteiger partial charge on any atom is -0.549 e. The van der Waals surface area contributed by atoms with Crippen molar-refractivity contribution in [3.8, 4) is 0 Å². The predicted octanol–water partition coefficient (Wildman–Crippen LogP) is -10.2. The van der Waals surface area contributed by atoms with Crippen molar-refractivity contribution in [2.24, 2.45) is 0 Å². The second-order valence-corrected chi connectivity index (χ2v) is 2.18. The zero-order valence-corrected chi connectivity index (χ0v) is 8.36. The van der Waals surface area contributed by atoms with E-state index >= 15 is 0 Å². The Kier molecular flexibility index (Phi) is 15.6. The molecule has 0 rings (SSSR count). The molecule has 14 heavy (non-hydrogen) atoms. The van der Waals surface area contributed by atoms with Crippen molar-refractivity contribution in [3.05, 3.63) is 0 Å². The van der Waals surface area contributed by atoms with E-state index in [1.54, 1.807) is 0 Å². The third-order valence-corrected chi connectivity index (χ3v) is 1.12. The summed E-state index contributed by atoms with van der Waals surface area (Å²) in [6.45, 7) is -1.37. The molecule has 0 aliphatic heterocycles. The number of aliphatic carboxylic acids is 2. The van der Waals surface area contributed by atoms with Crippen LogP contribution in [-0.2, 0) is 9.59 Å². The maximum absolute atomic E-state index is 10.0. The summed E-state index contributed by atoms with van der Waals surface area (Å²) in [4.78, 5) is 21.0. The topological polar surface area (TPSA) is 104 Å². The molecule has 0 aliphatic carbocycles. The fraction of sp³-hybridized carbons (Fsp3) is 0.667. The Morgan fingerprint density at radius 2 is 1.43 bits per heavy atom. The molecule has 8 heteroatoms. The van der Waals surface area contributed by atoms with E-state index in [2.05, 4.69) is 0 Å². The number of carbonyl (C=O) groups is 2. The van der Waals surface area contributed by atoms with Crippen molar-refractivity contribution in [2.75, 3.05) is 26.2 Å². The van der Waals surface area contributed by atoms with Gasteiger partial charge in [-0.25, -0.2) is 0 Å². The van der Waals surface area contributed by atoms with E-state index in [9.17, 15) is 19.8 Å². The minimum atomic E-state index is -1.38. The van der Waals surface area contributed by atoms with Crippen LogP contribution in [0.15, 0.2) is 0 Å². The van der Waals surface area contributed by atoms with Gasteiger partial charge in [-0.05, 0) is 0 Å². The molecule has 0 aromatic heterocycles. The predicted molar refractivity (Wildman–Crippen MR) is 33.5 cm³/mol. The van der Waals surface area contributed by atoms with Gasteiger partial charge < -0.3 is 24.9 Å². The quantitative estimate of drug-likeness (QED) is 0.416. The van der Waals surface area contributed by atoms with Crippen molar-refractivity contribution < 1.29 is 62.6 Å². The van der Waals surface area contributed by atoms with Gasteiger partial charge in [0.1, 0.15) is 0 Å². The van der Waals surface area contributed by atoms with Gasteiger partial charge >= 0.3 is 37.7 Å². The number of carbonyl (C=O) groups excluding carboxylic acids is 2. The summed E-state index contributed by atoms with van der Waals surface area (Å²) in [6.07, 6.45) is 0. The second-order valence-electron chi connectivity index (χ2n) is 2.18. The summed E-state index contributed by atoms with van der Waals surface area (Å²) in [6, 6.07) is 0. The summed E-state index contributed by atoms with van der Waals surface area (Å²) < 4.78 is 0. The monoisotopic (exact) mass is 189 g/mol. The summed E-state index contributed by atoms with van der Waals surface area (Å²) in [5.41, 5.74) is 0. The largest absolute Gasteiger partial charge is 1.00 e. The van der Waals surface area contributed by atoms with Crippen molar-refractivity contribution in [1.29, 1.82) is 0 Å². The van der Waals surface area contributed by atoms with Crippen LogP contribution < -0.4 is 47.9 Å². The molecule has 0 spiro atoms. The maximum Gasteiger partial charge on any atom is 1.00 e. The molecular weight excluding hydrogens is 180 g/mol. The Labute approximate surface area is 106 Å². The first-order chi connectivity index (χ1) is 5.56. The molecule has 0 fully saturated rings. The van der Waals surface area contributed by atoms with Gasteiger partial charge in [0.05, 0.1) is 18.5 Å². The average molecular weight is 189 g/mol. The van der Waals surface area contributed by atoms with Crippen molar-refractivity contribution in [3.63, 3.8) is 0 Å². The molecule has 0 aromatic carbocycles. The summed E-state index contributed by atoms with van der Waals surface area (Å²) in [7, 11) is 0. The van der Waals surface area contributed by atoms with Gasteiger partial charge in [-0.3, -0.25) is 4.90 Å². The Morgan fingerprint density at radius 1 is 1.07 bits per heavy atom. The first-order valence-corrected chi connectivity index (χ1v) is 3.29. The van der Waals surface area contributed by atoms with Crippen LogP contribution in [-0.4, -0.2) is 48.2 Å². The van der Waals surface area contributed by atoms with Gasteiger partial charge in [0.2, 0.25) is 0 Å². The van der Waals surface area contributed by atoms with Crippen molar-refractivity contribution >= 4 is 11.9 Å². The molecule has 0 amide bonds. The zero-order valence-electron chi connectivity index (χ0n) is 8.36. The molecule has 0 bridgehead atoms. The van der Waals surface area contributed by atoms with Crippen molar-refractivity contribution in [2.45, 2.75) is 0 Å². The van der Waals surface area contributed by atoms with E-state index in [0.29, 0.717) is 0 Å². The molecule has 0 saturated carbocycles. The van der Waals surface area contributed by atoms with Gasteiger partial charge in [-0.2, -0.15) is 0 Å². The molecule has 1 N–H and O–H groups in total. The van der Waals surface area contributed by atoms with E-state index in [4.69, 9.17) is 5.11 Å². The molecule has 0 unspecified atom stereocenters. The number of aliphatic hydroxyl groups is 1. The summed E-state index contributed by atoms with van der Waals surface area (Å²) in [5, 5.41) is 28.4. The number of nitrogens with zero attached hydrogens (tertiary/aromatic N) is 1. The van der Waals surface area contributed by atoms with Crippen molar-refractivity contribution in [1.82, 2.24) is 4.90 Å². The standard InChI is InChI=1S/C6H11NO5.2Li/c8-2-1-7(3-5(9)10)4-6(11)12;;/h8H,1-4H2,(H,9,10)(H,11,12);;/q;2*+1/p-2. The van der Waals surface area contributed by atoms with Gasteiger partial charge in [0, 0.05) is 19.6 Å². The van der Waals surface area contributed by atoms with Crippen LogP contribution in [0.3, 0.4) is 0 Å². The molecule has 70 valence electrons. The Bertz CT molecular complexity index is 162. The molecular formula is C6H9Li2NO5. The number of hydrogen-bond acceptors (Lipinski definition) is 6. The van der Waals surface area contributed by atoms with Crippen LogP contribution in [0.1, 0.15) is 0 Å². The van der Waals surface area contributed by atoms with Gasteiger partial charge in [0.25, 0.3) is 0 Å². The molecule has 0 saturated heterocycles. The SMILES string of the molecule is O=C([O-])CN(CCO)CC(=O)[O-].[Li+].[Li+]. The molecule has 0 radical (unpaired) electrons. The smallest absolute Gasteiger partial charge is 0.549 e. The number of aliphatic hydroxyl groups excluding tert-OH is 1. The van der Waals surface area contributed by atoms with E-state index in [1.807, 2.05) is 0 Å². The fourth-order valence-corrected chi connectivity index (χ4v) is 0.721. The van der Waals surface area contributed by atoms with E-state index in [1.165, 1.54) is 0 Å². The number of carboxylic acid groups (broad SMARTS) is 2.